The van der Waals surface area contributed by atoms with Crippen LogP contribution in [-0.2, 0) is 11.3 Å². The molecule has 0 saturated carbocycles. The van der Waals surface area contributed by atoms with Gasteiger partial charge in [-0.3, -0.25) is 4.90 Å². The molecular weight excluding hydrogens is 384 g/mol. The van der Waals surface area contributed by atoms with E-state index in [0.29, 0.717) is 5.92 Å². The van der Waals surface area contributed by atoms with Gasteiger partial charge < -0.3 is 14.2 Å². The van der Waals surface area contributed by atoms with Crippen molar-refractivity contribution in [3.8, 4) is 0 Å². The first kappa shape index (κ1) is 17.0. The van der Waals surface area contributed by atoms with Crippen LogP contribution in [0.25, 0.3) is 0 Å². The Labute approximate surface area is 156 Å². The van der Waals surface area contributed by atoms with Gasteiger partial charge in [0, 0.05) is 55.5 Å². The summed E-state index contributed by atoms with van der Waals surface area (Å²) in [7, 11) is 0. The summed E-state index contributed by atoms with van der Waals surface area (Å²) in [6.45, 7) is 6.41. The Balaban J connectivity index is 1.30. The fourth-order valence-corrected chi connectivity index (χ4v) is 3.72. The maximum absolute atomic E-state index is 5.49. The highest BCUT2D eigenvalue weighted by Gasteiger charge is 2.23. The van der Waals surface area contributed by atoms with E-state index in [9.17, 15) is 0 Å². The highest BCUT2D eigenvalue weighted by molar-refractivity contribution is 9.10. The van der Waals surface area contributed by atoms with Crippen molar-refractivity contribution < 1.29 is 9.26 Å². The minimum Gasteiger partial charge on any atom is -0.381 e. The van der Waals surface area contributed by atoms with Crippen LogP contribution in [0, 0.1) is 0 Å². The number of piperazine rings is 1. The quantitative estimate of drug-likeness (QED) is 0.777. The van der Waals surface area contributed by atoms with Crippen molar-refractivity contribution in [1.82, 2.24) is 15.0 Å². The van der Waals surface area contributed by atoms with E-state index in [0.717, 1.165) is 75.0 Å². The number of benzene rings is 1. The van der Waals surface area contributed by atoms with E-state index in [2.05, 4.69) is 60.1 Å². The standard InChI is InChI=1S/C18H23BrN4O2/c19-15-1-3-16(4-2-15)23-9-7-22(8-10-23)13-17-20-18(25-21-17)14-5-11-24-12-6-14/h1-4,14H,5-13H2. The molecule has 2 aromatic rings. The Morgan fingerprint density at radius 1 is 1.04 bits per heavy atom. The molecule has 0 aliphatic carbocycles. The molecule has 2 saturated heterocycles. The minimum absolute atomic E-state index is 0.365. The lowest BCUT2D eigenvalue weighted by molar-refractivity contribution is 0.0778. The normalized spacial score (nSPS) is 20.1. The molecule has 0 bridgehead atoms. The van der Waals surface area contributed by atoms with Crippen LogP contribution in [0.3, 0.4) is 0 Å². The van der Waals surface area contributed by atoms with Gasteiger partial charge in [0.15, 0.2) is 5.82 Å². The second-order valence-corrected chi connectivity index (χ2v) is 7.59. The van der Waals surface area contributed by atoms with Crippen LogP contribution in [0.1, 0.15) is 30.5 Å². The van der Waals surface area contributed by atoms with Crippen molar-refractivity contribution in [3.05, 3.63) is 40.5 Å². The summed E-state index contributed by atoms with van der Waals surface area (Å²) in [5.41, 5.74) is 1.28. The van der Waals surface area contributed by atoms with Crippen LogP contribution in [0.15, 0.2) is 33.3 Å². The number of ether oxygens (including phenoxy) is 1. The van der Waals surface area contributed by atoms with Crippen molar-refractivity contribution in [2.24, 2.45) is 0 Å². The van der Waals surface area contributed by atoms with Crippen LogP contribution >= 0.6 is 15.9 Å². The van der Waals surface area contributed by atoms with E-state index in [1.54, 1.807) is 0 Å². The Bertz CT molecular complexity index is 677. The van der Waals surface area contributed by atoms with Crippen LogP contribution < -0.4 is 4.90 Å². The lowest BCUT2D eigenvalue weighted by Gasteiger charge is -2.35. The van der Waals surface area contributed by atoms with Crippen LogP contribution in [0.4, 0.5) is 5.69 Å². The average Bonchev–Trinajstić information content (AvgIpc) is 3.12. The van der Waals surface area contributed by atoms with E-state index >= 15 is 0 Å². The fourth-order valence-electron chi connectivity index (χ4n) is 3.46. The number of aromatic nitrogens is 2. The van der Waals surface area contributed by atoms with Crippen LogP contribution in [-0.4, -0.2) is 54.4 Å². The van der Waals surface area contributed by atoms with Gasteiger partial charge in [0.05, 0.1) is 6.54 Å². The summed E-state index contributed by atoms with van der Waals surface area (Å²) in [4.78, 5) is 9.44. The monoisotopic (exact) mass is 406 g/mol. The van der Waals surface area contributed by atoms with Crippen LogP contribution in [0.2, 0.25) is 0 Å². The van der Waals surface area contributed by atoms with Gasteiger partial charge in [0.2, 0.25) is 5.89 Å². The first-order chi connectivity index (χ1) is 12.3. The molecule has 2 aliphatic heterocycles. The number of hydrogen-bond donors (Lipinski definition) is 0. The van der Waals surface area contributed by atoms with Gasteiger partial charge in [0.1, 0.15) is 0 Å². The zero-order valence-electron chi connectivity index (χ0n) is 14.2. The van der Waals surface area contributed by atoms with Crippen LogP contribution in [0.5, 0.6) is 0 Å². The zero-order valence-corrected chi connectivity index (χ0v) is 15.8. The molecule has 0 N–H and O–H groups in total. The first-order valence-corrected chi connectivity index (χ1v) is 9.70. The number of rotatable bonds is 4. The van der Waals surface area contributed by atoms with Crippen molar-refractivity contribution in [1.29, 1.82) is 0 Å². The van der Waals surface area contributed by atoms with E-state index < -0.39 is 0 Å². The molecular formula is C18H23BrN4O2. The highest BCUT2D eigenvalue weighted by atomic mass is 79.9. The number of halogens is 1. The summed E-state index contributed by atoms with van der Waals surface area (Å²) < 4.78 is 12.0. The summed E-state index contributed by atoms with van der Waals surface area (Å²) in [5, 5.41) is 4.18. The molecule has 2 aliphatic rings. The lowest BCUT2D eigenvalue weighted by atomic mass is 10.0. The predicted molar refractivity (Wildman–Crippen MR) is 98.7 cm³/mol. The van der Waals surface area contributed by atoms with Gasteiger partial charge in [-0.05, 0) is 37.1 Å². The third kappa shape index (κ3) is 4.22. The van der Waals surface area contributed by atoms with Crippen molar-refractivity contribution in [2.45, 2.75) is 25.3 Å². The van der Waals surface area contributed by atoms with E-state index in [1.807, 2.05) is 0 Å². The molecule has 25 heavy (non-hydrogen) atoms. The zero-order chi connectivity index (χ0) is 17.1. The summed E-state index contributed by atoms with van der Waals surface area (Å²) in [6.07, 6.45) is 1.96. The maximum Gasteiger partial charge on any atom is 0.229 e. The van der Waals surface area contributed by atoms with Gasteiger partial charge in [-0.15, -0.1) is 0 Å². The summed E-state index contributed by atoms with van der Waals surface area (Å²) in [6, 6.07) is 8.52. The molecule has 1 aromatic heterocycles. The summed E-state index contributed by atoms with van der Waals surface area (Å²) in [5.74, 6) is 1.95. The highest BCUT2D eigenvalue weighted by Crippen LogP contribution is 2.25. The Kier molecular flexibility index (Phi) is 5.33. The van der Waals surface area contributed by atoms with Gasteiger partial charge in [0.25, 0.3) is 0 Å². The van der Waals surface area contributed by atoms with Gasteiger partial charge in [-0.1, -0.05) is 21.1 Å². The smallest absolute Gasteiger partial charge is 0.229 e. The molecule has 134 valence electrons. The fraction of sp³-hybridized carbons (Fsp3) is 0.556. The number of anilines is 1. The molecule has 0 spiro atoms. The molecule has 7 heteroatoms. The van der Waals surface area contributed by atoms with E-state index in [4.69, 9.17) is 9.26 Å². The van der Waals surface area contributed by atoms with Crippen molar-refractivity contribution in [2.75, 3.05) is 44.3 Å². The average molecular weight is 407 g/mol. The summed E-state index contributed by atoms with van der Waals surface area (Å²) >= 11 is 3.49. The molecule has 0 unspecified atom stereocenters. The lowest BCUT2D eigenvalue weighted by Crippen LogP contribution is -2.46. The molecule has 4 rings (SSSR count). The van der Waals surface area contributed by atoms with Gasteiger partial charge in [-0.25, -0.2) is 0 Å². The molecule has 0 atom stereocenters. The largest absolute Gasteiger partial charge is 0.381 e. The maximum atomic E-state index is 5.49. The Hall–Kier alpha value is -1.44. The third-order valence-corrected chi connectivity index (χ3v) is 5.51. The second-order valence-electron chi connectivity index (χ2n) is 6.68. The topological polar surface area (TPSA) is 54.6 Å². The number of hydrogen-bond acceptors (Lipinski definition) is 6. The minimum atomic E-state index is 0.365. The van der Waals surface area contributed by atoms with Gasteiger partial charge >= 0.3 is 0 Å². The second kappa shape index (κ2) is 7.85. The first-order valence-electron chi connectivity index (χ1n) is 8.91. The molecule has 6 nitrogen and oxygen atoms in total. The van der Waals surface area contributed by atoms with Crippen molar-refractivity contribution in [3.63, 3.8) is 0 Å². The molecule has 2 fully saturated rings. The number of nitrogens with zero attached hydrogens (tertiary/aromatic N) is 4. The molecule has 0 amide bonds. The Morgan fingerprint density at radius 3 is 2.48 bits per heavy atom. The SMILES string of the molecule is Brc1ccc(N2CCN(Cc3noc(C4CCOCC4)n3)CC2)cc1. The predicted octanol–water partition coefficient (Wildman–Crippen LogP) is 3.05. The Morgan fingerprint density at radius 2 is 1.76 bits per heavy atom. The van der Waals surface area contributed by atoms with E-state index in [-0.39, 0.29) is 0 Å². The molecule has 3 heterocycles. The van der Waals surface area contributed by atoms with Gasteiger partial charge in [-0.2, -0.15) is 4.98 Å². The third-order valence-electron chi connectivity index (χ3n) is 4.98. The van der Waals surface area contributed by atoms with E-state index in [1.165, 1.54) is 5.69 Å². The van der Waals surface area contributed by atoms with Crippen molar-refractivity contribution >= 4 is 21.6 Å². The molecule has 1 aromatic carbocycles. The molecule has 0 radical (unpaired) electrons.